The molecule has 0 heterocycles. The number of hydrogen-bond acceptors (Lipinski definition) is 3. The monoisotopic (exact) mass is 250 g/mol. The standard InChI is InChI=1S/C14H22N2O2/c1-3-16(9-8-15)14(17)7-10-18-13-6-4-5-12(2)11-13/h4-6,11H,3,7-10,15H2,1-2H3. The predicted octanol–water partition coefficient (Wildman–Crippen LogP) is 1.57. The Morgan fingerprint density at radius 1 is 1.44 bits per heavy atom. The SMILES string of the molecule is CCN(CCN)C(=O)CCOc1cccc(C)c1. The van der Waals surface area contributed by atoms with Crippen molar-refractivity contribution < 1.29 is 9.53 Å². The van der Waals surface area contributed by atoms with E-state index < -0.39 is 0 Å². The van der Waals surface area contributed by atoms with Crippen molar-refractivity contribution in [2.45, 2.75) is 20.3 Å². The second-order valence-corrected chi connectivity index (χ2v) is 4.18. The number of carbonyl (C=O) groups excluding carboxylic acids is 1. The highest BCUT2D eigenvalue weighted by atomic mass is 16.5. The fourth-order valence-corrected chi connectivity index (χ4v) is 1.73. The Morgan fingerprint density at radius 2 is 2.22 bits per heavy atom. The van der Waals surface area contributed by atoms with Gasteiger partial charge in [0.2, 0.25) is 5.91 Å². The molecule has 0 aliphatic carbocycles. The van der Waals surface area contributed by atoms with E-state index in [1.807, 2.05) is 38.1 Å². The lowest BCUT2D eigenvalue weighted by atomic mass is 10.2. The van der Waals surface area contributed by atoms with E-state index in [2.05, 4.69) is 0 Å². The molecule has 1 aromatic rings. The molecule has 0 spiro atoms. The Morgan fingerprint density at radius 3 is 2.83 bits per heavy atom. The average Bonchev–Trinajstić information content (AvgIpc) is 2.36. The summed E-state index contributed by atoms with van der Waals surface area (Å²) >= 11 is 0. The summed E-state index contributed by atoms with van der Waals surface area (Å²) in [7, 11) is 0. The molecule has 0 saturated carbocycles. The van der Waals surface area contributed by atoms with Crippen molar-refractivity contribution in [1.29, 1.82) is 0 Å². The van der Waals surface area contributed by atoms with Crippen molar-refractivity contribution in [2.75, 3.05) is 26.2 Å². The normalized spacial score (nSPS) is 10.2. The van der Waals surface area contributed by atoms with Gasteiger partial charge in [-0.25, -0.2) is 0 Å². The molecule has 1 rings (SSSR count). The molecule has 0 aliphatic heterocycles. The molecule has 0 bridgehead atoms. The average molecular weight is 250 g/mol. The van der Waals surface area contributed by atoms with Gasteiger partial charge in [0.05, 0.1) is 13.0 Å². The first kappa shape index (κ1) is 14.5. The number of amides is 1. The van der Waals surface area contributed by atoms with Gasteiger partial charge in [0, 0.05) is 19.6 Å². The fourth-order valence-electron chi connectivity index (χ4n) is 1.73. The summed E-state index contributed by atoms with van der Waals surface area (Å²) < 4.78 is 5.55. The Kier molecular flexibility index (Phi) is 6.22. The van der Waals surface area contributed by atoms with Crippen LogP contribution in [0.5, 0.6) is 5.75 Å². The van der Waals surface area contributed by atoms with Crippen molar-refractivity contribution in [2.24, 2.45) is 5.73 Å². The molecule has 0 aliphatic rings. The van der Waals surface area contributed by atoms with Crippen LogP contribution in [0, 0.1) is 6.92 Å². The van der Waals surface area contributed by atoms with Crippen LogP contribution in [0.1, 0.15) is 18.9 Å². The number of ether oxygens (including phenoxy) is 1. The minimum Gasteiger partial charge on any atom is -0.493 e. The zero-order chi connectivity index (χ0) is 13.4. The second-order valence-electron chi connectivity index (χ2n) is 4.18. The van der Waals surface area contributed by atoms with Gasteiger partial charge < -0.3 is 15.4 Å². The van der Waals surface area contributed by atoms with Crippen LogP contribution < -0.4 is 10.5 Å². The third-order valence-electron chi connectivity index (χ3n) is 2.71. The molecule has 0 radical (unpaired) electrons. The molecule has 0 fully saturated rings. The molecule has 4 heteroatoms. The summed E-state index contributed by atoms with van der Waals surface area (Å²) in [6, 6.07) is 7.81. The van der Waals surface area contributed by atoms with Crippen molar-refractivity contribution in [1.82, 2.24) is 4.90 Å². The molecule has 18 heavy (non-hydrogen) atoms. The van der Waals surface area contributed by atoms with E-state index >= 15 is 0 Å². The van der Waals surface area contributed by atoms with Crippen LogP contribution >= 0.6 is 0 Å². The van der Waals surface area contributed by atoms with Crippen molar-refractivity contribution in [3.8, 4) is 5.75 Å². The highest BCUT2D eigenvalue weighted by molar-refractivity contribution is 5.76. The van der Waals surface area contributed by atoms with E-state index in [-0.39, 0.29) is 5.91 Å². The summed E-state index contributed by atoms with van der Waals surface area (Å²) in [6.07, 6.45) is 0.391. The highest BCUT2D eigenvalue weighted by Crippen LogP contribution is 2.12. The van der Waals surface area contributed by atoms with Gasteiger partial charge in [0.25, 0.3) is 0 Å². The molecule has 1 aromatic carbocycles. The van der Waals surface area contributed by atoms with E-state index in [1.165, 1.54) is 0 Å². The number of rotatable bonds is 7. The van der Waals surface area contributed by atoms with Crippen molar-refractivity contribution in [3.05, 3.63) is 29.8 Å². The summed E-state index contributed by atoms with van der Waals surface area (Å²) in [5.74, 6) is 0.903. The Balaban J connectivity index is 2.35. The largest absolute Gasteiger partial charge is 0.493 e. The maximum Gasteiger partial charge on any atom is 0.226 e. The van der Waals surface area contributed by atoms with Crippen molar-refractivity contribution >= 4 is 5.91 Å². The number of likely N-dealkylation sites (N-methyl/N-ethyl adjacent to an activating group) is 1. The van der Waals surface area contributed by atoms with Crippen LogP contribution in [0.4, 0.5) is 0 Å². The molecule has 2 N–H and O–H groups in total. The van der Waals surface area contributed by atoms with Gasteiger partial charge in [-0.1, -0.05) is 12.1 Å². The number of hydrogen-bond donors (Lipinski definition) is 1. The zero-order valence-corrected chi connectivity index (χ0v) is 11.2. The zero-order valence-electron chi connectivity index (χ0n) is 11.2. The van der Waals surface area contributed by atoms with Gasteiger partial charge in [-0.15, -0.1) is 0 Å². The van der Waals surface area contributed by atoms with E-state index in [1.54, 1.807) is 4.90 Å². The lowest BCUT2D eigenvalue weighted by Gasteiger charge is -2.19. The maximum absolute atomic E-state index is 11.8. The first-order valence-electron chi connectivity index (χ1n) is 6.34. The summed E-state index contributed by atoms with van der Waals surface area (Å²) in [6.45, 7) is 6.18. The van der Waals surface area contributed by atoms with Gasteiger partial charge in [-0.05, 0) is 31.5 Å². The second kappa shape index (κ2) is 7.71. The maximum atomic E-state index is 11.8. The third-order valence-corrected chi connectivity index (χ3v) is 2.71. The van der Waals surface area contributed by atoms with Crippen LogP contribution in [0.2, 0.25) is 0 Å². The van der Waals surface area contributed by atoms with E-state index in [9.17, 15) is 4.79 Å². The van der Waals surface area contributed by atoms with E-state index in [4.69, 9.17) is 10.5 Å². The lowest BCUT2D eigenvalue weighted by molar-refractivity contribution is -0.131. The van der Waals surface area contributed by atoms with Crippen LogP contribution in [-0.4, -0.2) is 37.0 Å². The number of aryl methyl sites for hydroxylation is 1. The molecule has 0 saturated heterocycles. The van der Waals surface area contributed by atoms with Gasteiger partial charge in [-0.3, -0.25) is 4.79 Å². The van der Waals surface area contributed by atoms with Crippen molar-refractivity contribution in [3.63, 3.8) is 0 Å². The fraction of sp³-hybridized carbons (Fsp3) is 0.500. The number of benzene rings is 1. The quantitative estimate of drug-likeness (QED) is 0.799. The smallest absolute Gasteiger partial charge is 0.226 e. The third kappa shape index (κ3) is 4.75. The first-order chi connectivity index (χ1) is 8.67. The molecule has 1 amide bonds. The molecule has 4 nitrogen and oxygen atoms in total. The van der Waals surface area contributed by atoms with E-state index in [0.29, 0.717) is 32.7 Å². The number of nitrogens with zero attached hydrogens (tertiary/aromatic N) is 1. The number of nitrogens with two attached hydrogens (primary N) is 1. The molecule has 0 atom stereocenters. The van der Waals surface area contributed by atoms with Gasteiger partial charge >= 0.3 is 0 Å². The topological polar surface area (TPSA) is 55.6 Å². The molecular formula is C14H22N2O2. The Labute approximate surface area is 109 Å². The van der Waals surface area contributed by atoms with Crippen LogP contribution in [-0.2, 0) is 4.79 Å². The molecular weight excluding hydrogens is 228 g/mol. The summed E-state index contributed by atoms with van der Waals surface area (Å²) in [5, 5.41) is 0. The Bertz CT molecular complexity index is 380. The minimum absolute atomic E-state index is 0.0932. The van der Waals surface area contributed by atoms with Gasteiger partial charge in [0.15, 0.2) is 0 Å². The highest BCUT2D eigenvalue weighted by Gasteiger charge is 2.10. The first-order valence-corrected chi connectivity index (χ1v) is 6.34. The van der Waals surface area contributed by atoms with Crippen LogP contribution in [0.3, 0.4) is 0 Å². The molecule has 100 valence electrons. The van der Waals surface area contributed by atoms with Gasteiger partial charge in [0.1, 0.15) is 5.75 Å². The summed E-state index contributed by atoms with van der Waals surface area (Å²) in [5.41, 5.74) is 6.60. The molecule has 0 unspecified atom stereocenters. The van der Waals surface area contributed by atoms with Gasteiger partial charge in [-0.2, -0.15) is 0 Å². The van der Waals surface area contributed by atoms with Crippen LogP contribution in [0.15, 0.2) is 24.3 Å². The summed E-state index contributed by atoms with van der Waals surface area (Å²) in [4.78, 5) is 13.6. The Hall–Kier alpha value is -1.55. The predicted molar refractivity (Wildman–Crippen MR) is 72.6 cm³/mol. The van der Waals surface area contributed by atoms with E-state index in [0.717, 1.165) is 11.3 Å². The van der Waals surface area contributed by atoms with Crippen LogP contribution in [0.25, 0.3) is 0 Å². The number of carbonyl (C=O) groups is 1. The minimum atomic E-state index is 0.0932. The molecule has 0 aromatic heterocycles. The lowest BCUT2D eigenvalue weighted by Crippen LogP contribution is -2.35.